The van der Waals surface area contributed by atoms with Crippen LogP contribution in [0.15, 0.2) is 24.3 Å². The monoisotopic (exact) mass is 207 g/mol. The Hall–Kier alpha value is -1.06. The Morgan fingerprint density at radius 2 is 2.07 bits per heavy atom. The molecule has 1 saturated heterocycles. The zero-order chi connectivity index (χ0) is 10.7. The zero-order valence-electron chi connectivity index (χ0n) is 8.69. The van der Waals surface area contributed by atoms with Crippen LogP contribution in [0.2, 0.25) is 0 Å². The molecule has 15 heavy (non-hydrogen) atoms. The molecule has 1 fully saturated rings. The van der Waals surface area contributed by atoms with E-state index in [1.807, 2.05) is 18.2 Å². The van der Waals surface area contributed by atoms with Crippen LogP contribution in [0.25, 0.3) is 0 Å². The van der Waals surface area contributed by atoms with Crippen molar-refractivity contribution in [3.05, 3.63) is 29.8 Å². The van der Waals surface area contributed by atoms with Crippen molar-refractivity contribution in [3.8, 4) is 5.75 Å². The summed E-state index contributed by atoms with van der Waals surface area (Å²) in [5, 5.41) is 22.1. The number of aliphatic hydroxyl groups excluding tert-OH is 1. The summed E-state index contributed by atoms with van der Waals surface area (Å²) < 4.78 is 0. The van der Waals surface area contributed by atoms with Crippen LogP contribution in [-0.2, 0) is 0 Å². The summed E-state index contributed by atoms with van der Waals surface area (Å²) in [6.45, 7) is 1.08. The molecule has 1 heterocycles. The lowest BCUT2D eigenvalue weighted by molar-refractivity contribution is 0.183. The number of hydrogen-bond donors (Lipinski definition) is 3. The van der Waals surface area contributed by atoms with E-state index in [1.165, 1.54) is 0 Å². The molecule has 2 rings (SSSR count). The van der Waals surface area contributed by atoms with Crippen molar-refractivity contribution < 1.29 is 10.2 Å². The van der Waals surface area contributed by atoms with Crippen LogP contribution in [-0.4, -0.2) is 23.4 Å². The van der Waals surface area contributed by atoms with E-state index in [0.29, 0.717) is 11.7 Å². The van der Waals surface area contributed by atoms with E-state index in [4.69, 9.17) is 5.11 Å². The number of para-hydroxylation sites is 1. The van der Waals surface area contributed by atoms with Crippen molar-refractivity contribution in [1.29, 1.82) is 0 Å². The molecule has 0 aliphatic carbocycles. The number of aromatic hydroxyl groups is 1. The molecule has 3 nitrogen and oxygen atoms in total. The Morgan fingerprint density at radius 1 is 1.27 bits per heavy atom. The Labute approximate surface area is 89.8 Å². The molecule has 1 aromatic rings. The van der Waals surface area contributed by atoms with Gasteiger partial charge in [0.15, 0.2) is 0 Å². The number of piperidine rings is 1. The molecule has 1 aliphatic rings. The van der Waals surface area contributed by atoms with Gasteiger partial charge in [-0.25, -0.2) is 0 Å². The largest absolute Gasteiger partial charge is 0.508 e. The SMILES string of the molecule is OCC1CCC(c2ccccc2O)NC1. The first-order chi connectivity index (χ1) is 7.31. The van der Waals surface area contributed by atoms with Gasteiger partial charge in [0.2, 0.25) is 0 Å². The van der Waals surface area contributed by atoms with Gasteiger partial charge in [-0.1, -0.05) is 18.2 Å². The number of hydrogen-bond acceptors (Lipinski definition) is 3. The summed E-state index contributed by atoms with van der Waals surface area (Å²) >= 11 is 0. The molecule has 2 atom stereocenters. The van der Waals surface area contributed by atoms with Crippen LogP contribution in [0.5, 0.6) is 5.75 Å². The normalized spacial score (nSPS) is 26.5. The predicted octanol–water partition coefficient (Wildman–Crippen LogP) is 1.43. The standard InChI is InChI=1S/C12H17NO2/c14-8-9-5-6-11(13-7-9)10-3-1-2-4-12(10)15/h1-4,9,11,13-15H,5-8H2. The summed E-state index contributed by atoms with van der Waals surface area (Å²) in [5.41, 5.74) is 0.967. The Kier molecular flexibility index (Phi) is 3.23. The Balaban J connectivity index is 2.04. The topological polar surface area (TPSA) is 52.5 Å². The third-order valence-electron chi connectivity index (χ3n) is 3.09. The molecule has 2 unspecified atom stereocenters. The lowest BCUT2D eigenvalue weighted by Gasteiger charge is -2.29. The zero-order valence-corrected chi connectivity index (χ0v) is 8.69. The van der Waals surface area contributed by atoms with Crippen molar-refractivity contribution >= 4 is 0 Å². The van der Waals surface area contributed by atoms with E-state index >= 15 is 0 Å². The fraction of sp³-hybridized carbons (Fsp3) is 0.500. The van der Waals surface area contributed by atoms with Crippen molar-refractivity contribution in [2.45, 2.75) is 18.9 Å². The molecule has 1 aliphatic heterocycles. The molecule has 0 amide bonds. The summed E-state index contributed by atoms with van der Waals surface area (Å²) in [6.07, 6.45) is 1.99. The quantitative estimate of drug-likeness (QED) is 0.687. The van der Waals surface area contributed by atoms with Gasteiger partial charge in [-0.2, -0.15) is 0 Å². The highest BCUT2D eigenvalue weighted by atomic mass is 16.3. The molecule has 3 heteroatoms. The first-order valence-corrected chi connectivity index (χ1v) is 5.43. The van der Waals surface area contributed by atoms with Gasteiger partial charge >= 0.3 is 0 Å². The van der Waals surface area contributed by atoms with E-state index in [2.05, 4.69) is 5.32 Å². The van der Waals surface area contributed by atoms with Crippen LogP contribution in [0.1, 0.15) is 24.4 Å². The molecular formula is C12H17NO2. The second kappa shape index (κ2) is 4.64. The fourth-order valence-corrected chi connectivity index (χ4v) is 2.12. The van der Waals surface area contributed by atoms with E-state index in [0.717, 1.165) is 24.9 Å². The van der Waals surface area contributed by atoms with E-state index in [-0.39, 0.29) is 12.6 Å². The maximum absolute atomic E-state index is 9.70. The minimum Gasteiger partial charge on any atom is -0.508 e. The fourth-order valence-electron chi connectivity index (χ4n) is 2.12. The highest BCUT2D eigenvalue weighted by molar-refractivity contribution is 5.34. The highest BCUT2D eigenvalue weighted by Gasteiger charge is 2.22. The molecule has 82 valence electrons. The number of phenols is 1. The molecule has 1 aromatic carbocycles. The molecule has 0 radical (unpaired) electrons. The number of rotatable bonds is 2. The summed E-state index contributed by atoms with van der Waals surface area (Å²) in [6, 6.07) is 7.67. The van der Waals surface area contributed by atoms with Gasteiger partial charge in [-0.3, -0.25) is 0 Å². The number of benzene rings is 1. The third kappa shape index (κ3) is 2.30. The van der Waals surface area contributed by atoms with Gasteiger partial charge in [0, 0.05) is 24.8 Å². The maximum Gasteiger partial charge on any atom is 0.120 e. The van der Waals surface area contributed by atoms with E-state index in [1.54, 1.807) is 6.07 Å². The van der Waals surface area contributed by atoms with Crippen molar-refractivity contribution in [2.24, 2.45) is 5.92 Å². The first-order valence-electron chi connectivity index (χ1n) is 5.43. The minimum atomic E-state index is 0.231. The molecule has 0 spiro atoms. The Bertz CT molecular complexity index is 319. The summed E-state index contributed by atoms with van der Waals surface area (Å²) in [5.74, 6) is 0.726. The summed E-state index contributed by atoms with van der Waals surface area (Å²) in [7, 11) is 0. The smallest absolute Gasteiger partial charge is 0.120 e. The number of phenolic OH excluding ortho intramolecular Hbond substituents is 1. The average Bonchev–Trinajstić information content (AvgIpc) is 2.30. The van der Waals surface area contributed by atoms with Gasteiger partial charge in [0.25, 0.3) is 0 Å². The Morgan fingerprint density at radius 3 is 2.67 bits per heavy atom. The van der Waals surface area contributed by atoms with E-state index in [9.17, 15) is 5.11 Å². The van der Waals surface area contributed by atoms with Gasteiger partial charge in [-0.15, -0.1) is 0 Å². The van der Waals surface area contributed by atoms with Crippen molar-refractivity contribution in [1.82, 2.24) is 5.32 Å². The molecule has 3 N–H and O–H groups in total. The van der Waals surface area contributed by atoms with Crippen LogP contribution in [0.4, 0.5) is 0 Å². The first kappa shape index (κ1) is 10.5. The lowest BCUT2D eigenvalue weighted by Crippen LogP contribution is -2.34. The van der Waals surface area contributed by atoms with Crippen molar-refractivity contribution in [2.75, 3.05) is 13.2 Å². The molecule has 0 bridgehead atoms. The average molecular weight is 207 g/mol. The van der Waals surface area contributed by atoms with Crippen LogP contribution in [0, 0.1) is 5.92 Å². The minimum absolute atomic E-state index is 0.231. The highest BCUT2D eigenvalue weighted by Crippen LogP contribution is 2.30. The van der Waals surface area contributed by atoms with Gasteiger partial charge in [0.05, 0.1) is 0 Å². The molecule has 0 aromatic heterocycles. The molecule has 0 saturated carbocycles. The van der Waals surface area contributed by atoms with Gasteiger partial charge < -0.3 is 15.5 Å². The van der Waals surface area contributed by atoms with Gasteiger partial charge in [-0.05, 0) is 24.8 Å². The van der Waals surface area contributed by atoms with Crippen molar-refractivity contribution in [3.63, 3.8) is 0 Å². The predicted molar refractivity (Wildman–Crippen MR) is 58.7 cm³/mol. The van der Waals surface area contributed by atoms with E-state index < -0.39 is 0 Å². The maximum atomic E-state index is 9.70. The second-order valence-corrected chi connectivity index (χ2v) is 4.15. The summed E-state index contributed by atoms with van der Waals surface area (Å²) in [4.78, 5) is 0. The van der Waals surface area contributed by atoms with Crippen LogP contribution < -0.4 is 5.32 Å². The third-order valence-corrected chi connectivity index (χ3v) is 3.09. The van der Waals surface area contributed by atoms with Crippen LogP contribution in [0.3, 0.4) is 0 Å². The molecular weight excluding hydrogens is 190 g/mol. The van der Waals surface area contributed by atoms with Crippen LogP contribution >= 0.6 is 0 Å². The number of aliphatic hydroxyl groups is 1. The van der Waals surface area contributed by atoms with Gasteiger partial charge in [0.1, 0.15) is 5.75 Å². The second-order valence-electron chi connectivity index (χ2n) is 4.15. The lowest BCUT2D eigenvalue weighted by atomic mass is 9.91. The number of nitrogens with one attached hydrogen (secondary N) is 1.